The van der Waals surface area contributed by atoms with E-state index in [1.165, 1.54) is 0 Å². The highest BCUT2D eigenvalue weighted by Crippen LogP contribution is 2.39. The summed E-state index contributed by atoms with van der Waals surface area (Å²) in [5.74, 6) is -0.737. The molecule has 0 spiro atoms. The molecule has 1 amide bonds. The van der Waals surface area contributed by atoms with Crippen molar-refractivity contribution >= 4 is 17.4 Å². The number of likely N-dealkylation sites (tertiary alicyclic amines) is 1. The van der Waals surface area contributed by atoms with Gasteiger partial charge in [-0.05, 0) is 36.8 Å². The number of nitrogens with zero attached hydrogens (tertiary/aromatic N) is 2. The van der Waals surface area contributed by atoms with Gasteiger partial charge >= 0.3 is 0 Å². The second-order valence-corrected chi connectivity index (χ2v) is 8.22. The van der Waals surface area contributed by atoms with Crippen LogP contribution in [0.4, 0.5) is 0 Å². The molecule has 0 bridgehead atoms. The van der Waals surface area contributed by atoms with Crippen molar-refractivity contribution in [1.82, 2.24) is 15.1 Å². The molecule has 2 heterocycles. The van der Waals surface area contributed by atoms with Crippen LogP contribution in [0.3, 0.4) is 0 Å². The van der Waals surface area contributed by atoms with E-state index in [9.17, 15) is 14.7 Å². The second kappa shape index (κ2) is 9.54. The van der Waals surface area contributed by atoms with Crippen LogP contribution in [-0.2, 0) is 9.59 Å². The van der Waals surface area contributed by atoms with E-state index in [-0.39, 0.29) is 11.3 Å². The Kier molecular flexibility index (Phi) is 6.58. The van der Waals surface area contributed by atoms with Gasteiger partial charge in [0.15, 0.2) is 0 Å². The average molecular weight is 436 g/mol. The van der Waals surface area contributed by atoms with Crippen molar-refractivity contribution in [2.45, 2.75) is 13.0 Å². The van der Waals surface area contributed by atoms with E-state index in [4.69, 9.17) is 4.74 Å². The summed E-state index contributed by atoms with van der Waals surface area (Å²) in [5, 5.41) is 14.4. The summed E-state index contributed by atoms with van der Waals surface area (Å²) < 4.78 is 5.18. The molecule has 4 rings (SSSR count). The molecule has 2 aliphatic heterocycles. The summed E-state index contributed by atoms with van der Waals surface area (Å²) in [4.78, 5) is 30.0. The standard InChI is InChI=1S/C25H29N3O4/c1-17-3-5-18(6-4-17)22-21(23(29)19-7-9-20(32-2)10-8-19)24(30)25(31)28(22)16-15-27-13-11-26-12-14-27/h3-10,22,26,29H,11-16H2,1-2H3/t22-/m0/s1. The lowest BCUT2D eigenvalue weighted by molar-refractivity contribution is -0.140. The number of hydrogen-bond donors (Lipinski definition) is 2. The molecule has 2 aromatic rings. The van der Waals surface area contributed by atoms with Crippen LogP contribution < -0.4 is 10.1 Å². The average Bonchev–Trinajstić information content (AvgIpc) is 3.08. The highest BCUT2D eigenvalue weighted by molar-refractivity contribution is 6.46. The van der Waals surface area contributed by atoms with Gasteiger partial charge in [-0.1, -0.05) is 29.8 Å². The lowest BCUT2D eigenvalue weighted by Gasteiger charge is -2.31. The Bertz CT molecular complexity index is 1010. The first kappa shape index (κ1) is 22.0. The molecule has 2 fully saturated rings. The summed E-state index contributed by atoms with van der Waals surface area (Å²) in [7, 11) is 1.57. The first-order valence-electron chi connectivity index (χ1n) is 10.9. The summed E-state index contributed by atoms with van der Waals surface area (Å²) in [6.45, 7) is 6.73. The highest BCUT2D eigenvalue weighted by Gasteiger charge is 2.46. The number of rotatable bonds is 6. The van der Waals surface area contributed by atoms with Crippen molar-refractivity contribution in [2.24, 2.45) is 0 Å². The fraction of sp³-hybridized carbons (Fsp3) is 0.360. The topological polar surface area (TPSA) is 82.1 Å². The van der Waals surface area contributed by atoms with Crippen LogP contribution in [0.5, 0.6) is 5.75 Å². The molecule has 32 heavy (non-hydrogen) atoms. The van der Waals surface area contributed by atoms with Crippen molar-refractivity contribution in [2.75, 3.05) is 46.4 Å². The maximum Gasteiger partial charge on any atom is 0.295 e. The lowest BCUT2D eigenvalue weighted by Crippen LogP contribution is -2.46. The number of nitrogens with one attached hydrogen (secondary N) is 1. The van der Waals surface area contributed by atoms with Gasteiger partial charge in [-0.25, -0.2) is 0 Å². The normalized spacial score (nSPS) is 21.2. The second-order valence-electron chi connectivity index (χ2n) is 8.22. The Morgan fingerprint density at radius 2 is 1.69 bits per heavy atom. The molecule has 1 atom stereocenters. The summed E-state index contributed by atoms with van der Waals surface area (Å²) >= 11 is 0. The number of ketones is 1. The Morgan fingerprint density at radius 3 is 2.31 bits per heavy atom. The maximum atomic E-state index is 13.1. The number of piperazine rings is 1. The predicted molar refractivity (Wildman–Crippen MR) is 122 cm³/mol. The van der Waals surface area contributed by atoms with E-state index < -0.39 is 17.7 Å². The molecule has 0 aliphatic carbocycles. The third kappa shape index (κ3) is 4.40. The molecular formula is C25H29N3O4. The Labute approximate surface area is 188 Å². The number of carbonyl (C=O) groups excluding carboxylic acids is 2. The Morgan fingerprint density at radius 1 is 1.03 bits per heavy atom. The molecule has 0 unspecified atom stereocenters. The third-order valence-corrected chi connectivity index (χ3v) is 6.16. The molecule has 7 heteroatoms. The number of methoxy groups -OCH3 is 1. The van der Waals surface area contributed by atoms with E-state index in [1.54, 1.807) is 36.3 Å². The molecule has 7 nitrogen and oxygen atoms in total. The third-order valence-electron chi connectivity index (χ3n) is 6.16. The Hall–Kier alpha value is -3.16. The van der Waals surface area contributed by atoms with Crippen LogP contribution >= 0.6 is 0 Å². The van der Waals surface area contributed by atoms with Gasteiger partial charge in [0.25, 0.3) is 11.7 Å². The summed E-state index contributed by atoms with van der Waals surface area (Å²) in [6, 6.07) is 13.9. The quantitative estimate of drug-likeness (QED) is 0.412. The molecule has 2 aliphatic rings. The van der Waals surface area contributed by atoms with Gasteiger partial charge in [0.05, 0.1) is 18.7 Å². The predicted octanol–water partition coefficient (Wildman–Crippen LogP) is 2.33. The van der Waals surface area contributed by atoms with Gasteiger partial charge < -0.3 is 20.1 Å². The van der Waals surface area contributed by atoms with Crippen LogP contribution in [0, 0.1) is 6.92 Å². The summed E-state index contributed by atoms with van der Waals surface area (Å²) in [6.07, 6.45) is 0. The molecule has 2 saturated heterocycles. The van der Waals surface area contributed by atoms with Crippen molar-refractivity contribution in [3.05, 3.63) is 70.8 Å². The zero-order chi connectivity index (χ0) is 22.7. The minimum Gasteiger partial charge on any atom is -0.507 e. The van der Waals surface area contributed by atoms with E-state index in [1.807, 2.05) is 31.2 Å². The van der Waals surface area contributed by atoms with E-state index in [0.717, 1.165) is 37.3 Å². The number of carbonyl (C=O) groups is 2. The van der Waals surface area contributed by atoms with Gasteiger partial charge in [0.2, 0.25) is 0 Å². The number of aryl methyl sites for hydroxylation is 1. The maximum absolute atomic E-state index is 13.1. The SMILES string of the molecule is COc1ccc(C(O)=C2C(=O)C(=O)N(CCN3CCNCC3)[C@H]2c2ccc(C)cc2)cc1. The highest BCUT2D eigenvalue weighted by atomic mass is 16.5. The molecular weight excluding hydrogens is 406 g/mol. The Balaban J connectivity index is 1.71. The number of aliphatic hydroxyl groups excluding tert-OH is 1. The minimum atomic E-state index is -0.649. The minimum absolute atomic E-state index is 0.129. The van der Waals surface area contributed by atoms with Gasteiger partial charge in [-0.15, -0.1) is 0 Å². The zero-order valence-corrected chi connectivity index (χ0v) is 18.5. The van der Waals surface area contributed by atoms with Crippen molar-refractivity contribution in [1.29, 1.82) is 0 Å². The van der Waals surface area contributed by atoms with Gasteiger partial charge in [-0.3, -0.25) is 14.5 Å². The lowest BCUT2D eigenvalue weighted by atomic mass is 9.94. The summed E-state index contributed by atoms with van der Waals surface area (Å²) in [5.41, 5.74) is 2.50. The fourth-order valence-corrected chi connectivity index (χ4v) is 4.29. The van der Waals surface area contributed by atoms with Crippen LogP contribution in [0.25, 0.3) is 5.76 Å². The molecule has 2 aromatic carbocycles. The van der Waals surface area contributed by atoms with E-state index in [0.29, 0.717) is 24.4 Å². The van der Waals surface area contributed by atoms with Gasteiger partial charge in [0.1, 0.15) is 11.5 Å². The number of aliphatic hydroxyl groups is 1. The molecule has 168 valence electrons. The zero-order valence-electron chi connectivity index (χ0n) is 18.5. The first-order chi connectivity index (χ1) is 15.5. The largest absolute Gasteiger partial charge is 0.507 e. The monoisotopic (exact) mass is 435 g/mol. The number of Topliss-reactive ketones (excluding diaryl/α,β-unsaturated/α-hetero) is 1. The van der Waals surface area contributed by atoms with Crippen LogP contribution in [-0.4, -0.2) is 73.0 Å². The van der Waals surface area contributed by atoms with Gasteiger partial charge in [0, 0.05) is 44.8 Å². The first-order valence-corrected chi connectivity index (χ1v) is 10.9. The van der Waals surface area contributed by atoms with Crippen molar-refractivity contribution in [3.63, 3.8) is 0 Å². The molecule has 2 N–H and O–H groups in total. The molecule has 0 saturated carbocycles. The van der Waals surface area contributed by atoms with Crippen LogP contribution in [0.15, 0.2) is 54.1 Å². The smallest absolute Gasteiger partial charge is 0.295 e. The molecule has 0 aromatic heterocycles. The van der Waals surface area contributed by atoms with Crippen molar-refractivity contribution < 1.29 is 19.4 Å². The van der Waals surface area contributed by atoms with E-state index in [2.05, 4.69) is 10.2 Å². The van der Waals surface area contributed by atoms with Crippen LogP contribution in [0.1, 0.15) is 22.7 Å². The van der Waals surface area contributed by atoms with E-state index >= 15 is 0 Å². The molecule has 0 radical (unpaired) electrons. The number of benzene rings is 2. The fourth-order valence-electron chi connectivity index (χ4n) is 4.29. The van der Waals surface area contributed by atoms with Crippen LogP contribution in [0.2, 0.25) is 0 Å². The number of hydrogen-bond acceptors (Lipinski definition) is 6. The number of ether oxygens (including phenoxy) is 1. The number of amides is 1. The van der Waals surface area contributed by atoms with Crippen molar-refractivity contribution in [3.8, 4) is 5.75 Å². The van der Waals surface area contributed by atoms with Gasteiger partial charge in [-0.2, -0.15) is 0 Å².